The lowest BCUT2D eigenvalue weighted by molar-refractivity contribution is 0.520. The van der Waals surface area contributed by atoms with Gasteiger partial charge < -0.3 is 10.6 Å². The second-order valence-corrected chi connectivity index (χ2v) is 4.86. The maximum atomic E-state index is 4.36. The first-order chi connectivity index (χ1) is 8.24. The minimum absolute atomic E-state index is 0.537. The fourth-order valence-corrected chi connectivity index (χ4v) is 2.22. The fourth-order valence-electron chi connectivity index (χ4n) is 2.22. The molecule has 1 heterocycles. The van der Waals surface area contributed by atoms with E-state index in [2.05, 4.69) is 34.4 Å². The molecular formula is C13H22N4. The Morgan fingerprint density at radius 2 is 1.94 bits per heavy atom. The van der Waals surface area contributed by atoms with E-state index in [4.69, 9.17) is 0 Å². The molecule has 0 spiro atoms. The molecule has 1 aliphatic carbocycles. The van der Waals surface area contributed by atoms with Crippen molar-refractivity contribution in [3.8, 4) is 0 Å². The summed E-state index contributed by atoms with van der Waals surface area (Å²) >= 11 is 0. The molecule has 0 saturated heterocycles. The number of hydrogen-bond donors (Lipinski definition) is 2. The van der Waals surface area contributed by atoms with Crippen molar-refractivity contribution < 1.29 is 0 Å². The van der Waals surface area contributed by atoms with Crippen molar-refractivity contribution in [2.24, 2.45) is 5.41 Å². The largest absolute Gasteiger partial charge is 0.373 e. The molecule has 0 aromatic carbocycles. The molecule has 4 nitrogen and oxygen atoms in total. The van der Waals surface area contributed by atoms with Crippen LogP contribution in [0.15, 0.2) is 6.33 Å². The Morgan fingerprint density at radius 3 is 2.47 bits per heavy atom. The lowest BCUT2D eigenvalue weighted by Crippen LogP contribution is -2.17. The molecule has 17 heavy (non-hydrogen) atoms. The monoisotopic (exact) mass is 234 g/mol. The van der Waals surface area contributed by atoms with Crippen LogP contribution in [0.5, 0.6) is 0 Å². The van der Waals surface area contributed by atoms with Gasteiger partial charge >= 0.3 is 0 Å². The Morgan fingerprint density at radius 1 is 1.24 bits per heavy atom. The molecule has 2 rings (SSSR count). The molecule has 1 aromatic rings. The van der Waals surface area contributed by atoms with Crippen molar-refractivity contribution in [3.63, 3.8) is 0 Å². The summed E-state index contributed by atoms with van der Waals surface area (Å²) in [7, 11) is 1.90. The SMILES string of the molecule is CCc1c(NC)ncnc1NCC1(CC)CC1. The zero-order valence-corrected chi connectivity index (χ0v) is 11.0. The van der Waals surface area contributed by atoms with Crippen LogP contribution >= 0.6 is 0 Å². The molecule has 0 amide bonds. The van der Waals surface area contributed by atoms with Gasteiger partial charge in [0.2, 0.25) is 0 Å². The summed E-state index contributed by atoms with van der Waals surface area (Å²) < 4.78 is 0. The first-order valence-corrected chi connectivity index (χ1v) is 6.50. The summed E-state index contributed by atoms with van der Waals surface area (Å²) in [4.78, 5) is 8.61. The average Bonchev–Trinajstić information content (AvgIpc) is 3.16. The van der Waals surface area contributed by atoms with Gasteiger partial charge in [-0.3, -0.25) is 0 Å². The molecule has 0 atom stereocenters. The second kappa shape index (κ2) is 4.90. The maximum Gasteiger partial charge on any atom is 0.134 e. The van der Waals surface area contributed by atoms with E-state index in [-0.39, 0.29) is 0 Å². The standard InChI is InChI=1S/C13H22N4/c1-4-10-11(14-3)16-9-17-12(10)15-8-13(5-2)6-7-13/h9H,4-8H2,1-3H3,(H2,14,15,16,17). The number of aromatic nitrogens is 2. The summed E-state index contributed by atoms with van der Waals surface area (Å²) in [6, 6.07) is 0. The summed E-state index contributed by atoms with van der Waals surface area (Å²) in [5, 5.41) is 6.62. The van der Waals surface area contributed by atoms with E-state index >= 15 is 0 Å². The van der Waals surface area contributed by atoms with Crippen LogP contribution in [-0.4, -0.2) is 23.6 Å². The van der Waals surface area contributed by atoms with Gasteiger partial charge in [-0.2, -0.15) is 0 Å². The Balaban J connectivity index is 2.09. The predicted octanol–water partition coefficient (Wildman–Crippen LogP) is 2.68. The van der Waals surface area contributed by atoms with Crippen LogP contribution in [-0.2, 0) is 6.42 Å². The fraction of sp³-hybridized carbons (Fsp3) is 0.692. The zero-order valence-electron chi connectivity index (χ0n) is 11.0. The van der Waals surface area contributed by atoms with E-state index in [1.807, 2.05) is 7.05 Å². The highest BCUT2D eigenvalue weighted by molar-refractivity contribution is 5.57. The van der Waals surface area contributed by atoms with Crippen molar-refractivity contribution in [1.29, 1.82) is 0 Å². The number of rotatable bonds is 6. The predicted molar refractivity (Wildman–Crippen MR) is 71.4 cm³/mol. The summed E-state index contributed by atoms with van der Waals surface area (Å²) in [5.41, 5.74) is 1.72. The van der Waals surface area contributed by atoms with E-state index in [1.54, 1.807) is 6.33 Å². The Bertz CT molecular complexity index is 385. The molecule has 2 N–H and O–H groups in total. The highest BCUT2D eigenvalue weighted by atomic mass is 15.1. The van der Waals surface area contributed by atoms with Crippen LogP contribution in [0.4, 0.5) is 11.6 Å². The normalized spacial score (nSPS) is 16.6. The minimum atomic E-state index is 0.537. The van der Waals surface area contributed by atoms with Crippen LogP contribution in [0, 0.1) is 5.41 Å². The molecule has 4 heteroatoms. The molecule has 1 saturated carbocycles. The Kier molecular flexibility index (Phi) is 3.50. The summed E-state index contributed by atoms with van der Waals surface area (Å²) in [6.07, 6.45) is 6.52. The first-order valence-electron chi connectivity index (χ1n) is 6.50. The van der Waals surface area contributed by atoms with Gasteiger partial charge in [0.05, 0.1) is 0 Å². The van der Waals surface area contributed by atoms with Crippen molar-refractivity contribution in [3.05, 3.63) is 11.9 Å². The van der Waals surface area contributed by atoms with Crippen molar-refractivity contribution in [1.82, 2.24) is 9.97 Å². The number of nitrogens with zero attached hydrogens (tertiary/aromatic N) is 2. The molecule has 1 aliphatic rings. The van der Waals surface area contributed by atoms with Crippen molar-refractivity contribution in [2.45, 2.75) is 39.5 Å². The zero-order chi connectivity index (χ0) is 12.3. The van der Waals surface area contributed by atoms with Gasteiger partial charge in [0.25, 0.3) is 0 Å². The van der Waals surface area contributed by atoms with Crippen molar-refractivity contribution >= 4 is 11.6 Å². The van der Waals surface area contributed by atoms with E-state index in [0.29, 0.717) is 5.41 Å². The molecule has 1 aromatic heterocycles. The Hall–Kier alpha value is -1.32. The molecular weight excluding hydrogens is 212 g/mol. The topological polar surface area (TPSA) is 49.8 Å². The van der Waals surface area contributed by atoms with Gasteiger partial charge in [-0.25, -0.2) is 9.97 Å². The van der Waals surface area contributed by atoms with Crippen LogP contribution < -0.4 is 10.6 Å². The third-order valence-corrected chi connectivity index (χ3v) is 3.87. The average molecular weight is 234 g/mol. The molecule has 94 valence electrons. The van der Waals surface area contributed by atoms with Crippen LogP contribution in [0.1, 0.15) is 38.7 Å². The number of nitrogens with one attached hydrogen (secondary N) is 2. The van der Waals surface area contributed by atoms with Gasteiger partial charge in [0.15, 0.2) is 0 Å². The van der Waals surface area contributed by atoms with E-state index in [0.717, 1.165) is 24.6 Å². The van der Waals surface area contributed by atoms with E-state index in [9.17, 15) is 0 Å². The molecule has 0 bridgehead atoms. The molecule has 1 fully saturated rings. The van der Waals surface area contributed by atoms with E-state index in [1.165, 1.54) is 24.8 Å². The quantitative estimate of drug-likeness (QED) is 0.794. The first kappa shape index (κ1) is 12.1. The maximum absolute atomic E-state index is 4.36. The van der Waals surface area contributed by atoms with Crippen LogP contribution in [0.2, 0.25) is 0 Å². The van der Waals surface area contributed by atoms with Gasteiger partial charge in [-0.15, -0.1) is 0 Å². The Labute approximate surface area is 103 Å². The minimum Gasteiger partial charge on any atom is -0.373 e. The summed E-state index contributed by atoms with van der Waals surface area (Å²) in [6.45, 7) is 5.45. The van der Waals surface area contributed by atoms with E-state index < -0.39 is 0 Å². The second-order valence-electron chi connectivity index (χ2n) is 4.86. The van der Waals surface area contributed by atoms with Gasteiger partial charge in [-0.1, -0.05) is 13.8 Å². The smallest absolute Gasteiger partial charge is 0.134 e. The lowest BCUT2D eigenvalue weighted by atomic mass is 10.0. The lowest BCUT2D eigenvalue weighted by Gasteiger charge is -2.17. The third-order valence-electron chi connectivity index (χ3n) is 3.87. The number of hydrogen-bond acceptors (Lipinski definition) is 4. The van der Waals surface area contributed by atoms with Gasteiger partial charge in [0, 0.05) is 19.2 Å². The van der Waals surface area contributed by atoms with Gasteiger partial charge in [0.1, 0.15) is 18.0 Å². The van der Waals surface area contributed by atoms with Crippen LogP contribution in [0.25, 0.3) is 0 Å². The molecule has 0 aliphatic heterocycles. The molecule has 0 radical (unpaired) electrons. The highest BCUT2D eigenvalue weighted by Crippen LogP contribution is 2.48. The highest BCUT2D eigenvalue weighted by Gasteiger charge is 2.40. The third kappa shape index (κ3) is 2.51. The van der Waals surface area contributed by atoms with Gasteiger partial charge in [-0.05, 0) is 31.1 Å². The van der Waals surface area contributed by atoms with Crippen molar-refractivity contribution in [2.75, 3.05) is 24.2 Å². The summed E-state index contributed by atoms with van der Waals surface area (Å²) in [5.74, 6) is 1.93. The van der Waals surface area contributed by atoms with Crippen LogP contribution in [0.3, 0.4) is 0 Å². The number of anilines is 2. The molecule has 0 unspecified atom stereocenters.